The number of aliphatic hydroxyl groups excluding tert-OH is 1. The quantitative estimate of drug-likeness (QED) is 0.631. The minimum atomic E-state index is -0.248. The van der Waals surface area contributed by atoms with Crippen LogP contribution >= 0.6 is 0 Å². The van der Waals surface area contributed by atoms with Crippen LogP contribution in [0.2, 0.25) is 0 Å². The lowest BCUT2D eigenvalue weighted by Gasteiger charge is -2.20. The normalized spacial score (nSPS) is 12.5. The average Bonchev–Trinajstić information content (AvgIpc) is 2.74. The van der Waals surface area contributed by atoms with Crippen LogP contribution in [0.25, 0.3) is 0 Å². The van der Waals surface area contributed by atoms with Crippen molar-refractivity contribution in [2.24, 2.45) is 13.0 Å². The summed E-state index contributed by atoms with van der Waals surface area (Å²) in [7, 11) is 1.81. The van der Waals surface area contributed by atoms with Crippen molar-refractivity contribution in [1.29, 1.82) is 0 Å². The van der Waals surface area contributed by atoms with E-state index in [1.54, 1.807) is 11.7 Å². The van der Waals surface area contributed by atoms with Gasteiger partial charge in [-0.15, -0.1) is 0 Å². The molecule has 0 aliphatic rings. The molecule has 0 bridgehead atoms. The van der Waals surface area contributed by atoms with Gasteiger partial charge in [-0.1, -0.05) is 13.8 Å². The maximum atomic E-state index is 11.8. The average molecular weight is 269 g/mol. The van der Waals surface area contributed by atoms with Crippen LogP contribution in [0.15, 0.2) is 6.33 Å². The summed E-state index contributed by atoms with van der Waals surface area (Å²) in [5.74, 6) is 1.17. The van der Waals surface area contributed by atoms with E-state index in [1.807, 2.05) is 0 Å². The van der Waals surface area contributed by atoms with E-state index in [4.69, 9.17) is 5.11 Å². The highest BCUT2D eigenvalue weighted by atomic mass is 16.3. The number of urea groups is 1. The Morgan fingerprint density at radius 3 is 2.79 bits per heavy atom. The van der Waals surface area contributed by atoms with E-state index in [0.29, 0.717) is 18.9 Å². The molecule has 3 N–H and O–H groups in total. The highest BCUT2D eigenvalue weighted by Crippen LogP contribution is 2.18. The lowest BCUT2D eigenvalue weighted by Crippen LogP contribution is -2.39. The van der Waals surface area contributed by atoms with Gasteiger partial charge in [-0.3, -0.25) is 4.68 Å². The van der Waals surface area contributed by atoms with Gasteiger partial charge < -0.3 is 15.7 Å². The number of hydrogen-bond acceptors (Lipinski definition) is 4. The molecule has 2 amide bonds. The van der Waals surface area contributed by atoms with Crippen molar-refractivity contribution in [2.45, 2.75) is 32.7 Å². The van der Waals surface area contributed by atoms with Crippen LogP contribution in [0.4, 0.5) is 4.79 Å². The third-order valence-corrected chi connectivity index (χ3v) is 2.69. The second-order valence-corrected chi connectivity index (χ2v) is 4.90. The van der Waals surface area contributed by atoms with Gasteiger partial charge in [0.2, 0.25) is 0 Å². The van der Waals surface area contributed by atoms with E-state index in [1.165, 1.54) is 6.33 Å². The largest absolute Gasteiger partial charge is 0.396 e. The summed E-state index contributed by atoms with van der Waals surface area (Å²) < 4.78 is 1.67. The van der Waals surface area contributed by atoms with E-state index < -0.39 is 0 Å². The van der Waals surface area contributed by atoms with E-state index in [2.05, 4.69) is 34.6 Å². The maximum absolute atomic E-state index is 11.8. The molecule has 1 atom stereocenters. The zero-order valence-electron chi connectivity index (χ0n) is 11.8. The first-order valence-corrected chi connectivity index (χ1v) is 6.53. The van der Waals surface area contributed by atoms with Crippen LogP contribution in [0.5, 0.6) is 0 Å². The molecule has 0 saturated carbocycles. The van der Waals surface area contributed by atoms with Crippen LogP contribution in [-0.2, 0) is 7.05 Å². The van der Waals surface area contributed by atoms with Crippen molar-refractivity contribution in [3.63, 3.8) is 0 Å². The first-order chi connectivity index (χ1) is 9.04. The molecule has 0 aliphatic carbocycles. The number of rotatable bonds is 7. The number of carbonyl (C=O) groups excluding carboxylic acids is 1. The number of aromatic nitrogens is 3. The zero-order valence-corrected chi connectivity index (χ0v) is 11.8. The number of hydrogen-bond donors (Lipinski definition) is 3. The highest BCUT2D eigenvalue weighted by molar-refractivity contribution is 5.74. The van der Waals surface area contributed by atoms with Gasteiger partial charge in [-0.05, 0) is 18.8 Å². The second kappa shape index (κ2) is 7.73. The summed E-state index contributed by atoms with van der Waals surface area (Å²) in [5, 5.41) is 18.3. The molecule has 1 aromatic rings. The van der Waals surface area contributed by atoms with Gasteiger partial charge in [-0.2, -0.15) is 5.10 Å². The number of nitrogens with one attached hydrogen (secondary N) is 2. The smallest absolute Gasteiger partial charge is 0.315 e. The van der Waals surface area contributed by atoms with Gasteiger partial charge in [0.1, 0.15) is 12.2 Å². The molecule has 0 aromatic carbocycles. The van der Waals surface area contributed by atoms with E-state index >= 15 is 0 Å². The van der Waals surface area contributed by atoms with Crippen molar-refractivity contribution in [3.8, 4) is 0 Å². The van der Waals surface area contributed by atoms with Crippen LogP contribution in [0, 0.1) is 5.92 Å². The molecule has 19 heavy (non-hydrogen) atoms. The molecular formula is C12H23N5O2. The molecule has 108 valence electrons. The maximum Gasteiger partial charge on any atom is 0.315 e. The number of carbonyl (C=O) groups is 1. The summed E-state index contributed by atoms with van der Waals surface area (Å²) in [4.78, 5) is 15.9. The van der Waals surface area contributed by atoms with Crippen LogP contribution < -0.4 is 10.6 Å². The molecule has 1 rings (SSSR count). The van der Waals surface area contributed by atoms with Gasteiger partial charge in [-0.25, -0.2) is 9.78 Å². The fraction of sp³-hybridized carbons (Fsp3) is 0.750. The SMILES string of the molecule is CC(C)CC(NC(=O)NCCCO)c1ncnn1C. The molecule has 1 heterocycles. The molecule has 0 spiro atoms. The predicted octanol–water partition coefficient (Wildman–Crippen LogP) is 0.584. The first-order valence-electron chi connectivity index (χ1n) is 6.53. The molecule has 0 aliphatic heterocycles. The molecule has 7 heteroatoms. The Hall–Kier alpha value is -1.63. The standard InChI is InChI=1S/C12H23N5O2/c1-9(2)7-10(11-14-8-15-17(11)3)16-12(19)13-5-4-6-18/h8-10,18H,4-7H2,1-3H3,(H2,13,16,19). The summed E-state index contributed by atoms with van der Waals surface area (Å²) in [6.45, 7) is 4.71. The van der Waals surface area contributed by atoms with Gasteiger partial charge in [0.15, 0.2) is 0 Å². The van der Waals surface area contributed by atoms with Gasteiger partial charge >= 0.3 is 6.03 Å². The molecule has 0 fully saturated rings. The Morgan fingerprint density at radius 1 is 1.53 bits per heavy atom. The van der Waals surface area contributed by atoms with Crippen molar-refractivity contribution in [3.05, 3.63) is 12.2 Å². The van der Waals surface area contributed by atoms with E-state index in [0.717, 1.165) is 12.2 Å². The Kier molecular flexibility index (Phi) is 6.27. The summed E-state index contributed by atoms with van der Waals surface area (Å²) >= 11 is 0. The molecule has 1 unspecified atom stereocenters. The third-order valence-electron chi connectivity index (χ3n) is 2.69. The van der Waals surface area contributed by atoms with E-state index in [9.17, 15) is 4.79 Å². The molecule has 1 aromatic heterocycles. The molecule has 0 saturated heterocycles. The van der Waals surface area contributed by atoms with Crippen LogP contribution in [0.3, 0.4) is 0 Å². The number of aryl methyl sites for hydroxylation is 1. The monoisotopic (exact) mass is 269 g/mol. The summed E-state index contributed by atoms with van der Waals surface area (Å²) in [6, 6.07) is -0.413. The Morgan fingerprint density at radius 2 is 2.26 bits per heavy atom. The summed E-state index contributed by atoms with van der Waals surface area (Å²) in [5.41, 5.74) is 0. The van der Waals surface area contributed by atoms with Crippen molar-refractivity contribution in [2.75, 3.05) is 13.2 Å². The Labute approximate surface area is 113 Å². The van der Waals surface area contributed by atoms with Crippen molar-refractivity contribution in [1.82, 2.24) is 25.4 Å². The third kappa shape index (κ3) is 5.25. The predicted molar refractivity (Wildman–Crippen MR) is 71.4 cm³/mol. The van der Waals surface area contributed by atoms with Gasteiger partial charge in [0.05, 0.1) is 6.04 Å². The molecular weight excluding hydrogens is 246 g/mol. The van der Waals surface area contributed by atoms with Crippen LogP contribution in [0.1, 0.15) is 38.6 Å². The zero-order chi connectivity index (χ0) is 14.3. The molecule has 0 radical (unpaired) electrons. The van der Waals surface area contributed by atoms with Crippen molar-refractivity contribution < 1.29 is 9.90 Å². The van der Waals surface area contributed by atoms with Crippen molar-refractivity contribution >= 4 is 6.03 Å². The first kappa shape index (κ1) is 15.4. The van der Waals surface area contributed by atoms with Crippen LogP contribution in [-0.4, -0.2) is 39.1 Å². The highest BCUT2D eigenvalue weighted by Gasteiger charge is 2.20. The number of aliphatic hydroxyl groups is 1. The lowest BCUT2D eigenvalue weighted by molar-refractivity contribution is 0.231. The van der Waals surface area contributed by atoms with E-state index in [-0.39, 0.29) is 18.7 Å². The molecule has 7 nitrogen and oxygen atoms in total. The second-order valence-electron chi connectivity index (χ2n) is 4.90. The Balaban J connectivity index is 2.60. The topological polar surface area (TPSA) is 92.1 Å². The Bertz CT molecular complexity index is 391. The fourth-order valence-corrected chi connectivity index (χ4v) is 1.81. The number of amides is 2. The number of nitrogens with zero attached hydrogens (tertiary/aromatic N) is 3. The fourth-order valence-electron chi connectivity index (χ4n) is 1.81. The minimum Gasteiger partial charge on any atom is -0.396 e. The van der Waals surface area contributed by atoms with Gasteiger partial charge in [0.25, 0.3) is 0 Å². The lowest BCUT2D eigenvalue weighted by atomic mass is 10.0. The summed E-state index contributed by atoms with van der Waals surface area (Å²) in [6.07, 6.45) is 2.82. The van der Waals surface area contributed by atoms with Gasteiger partial charge in [0, 0.05) is 20.2 Å². The minimum absolute atomic E-state index is 0.0684.